The molecule has 1 fully saturated rings. The van der Waals surface area contributed by atoms with Crippen molar-refractivity contribution >= 4 is 0 Å². The van der Waals surface area contributed by atoms with E-state index in [0.29, 0.717) is 5.92 Å². The van der Waals surface area contributed by atoms with Crippen molar-refractivity contribution in [3.05, 3.63) is 29.8 Å². The maximum absolute atomic E-state index is 5.88. The quantitative estimate of drug-likeness (QED) is 0.497. The van der Waals surface area contributed by atoms with Crippen molar-refractivity contribution in [1.82, 2.24) is 0 Å². The van der Waals surface area contributed by atoms with Crippen LogP contribution in [0.15, 0.2) is 24.3 Å². The summed E-state index contributed by atoms with van der Waals surface area (Å²) in [6, 6.07) is 8.51. The molecule has 2 unspecified atom stereocenters. The highest BCUT2D eigenvalue weighted by atomic mass is 16.7. The van der Waals surface area contributed by atoms with Crippen LogP contribution in [0.1, 0.15) is 83.6 Å². The van der Waals surface area contributed by atoms with Gasteiger partial charge in [-0.15, -0.1) is 0 Å². The molecule has 1 aromatic carbocycles. The Bertz CT molecular complexity index is 420. The van der Waals surface area contributed by atoms with Gasteiger partial charge < -0.3 is 9.47 Å². The minimum atomic E-state index is -0.169. The molecular weight excluding hydrogens is 284 g/mol. The molecule has 0 bridgehead atoms. The zero-order valence-electron chi connectivity index (χ0n) is 15.2. The van der Waals surface area contributed by atoms with E-state index in [1.807, 2.05) is 6.92 Å². The monoisotopic (exact) mass is 318 g/mol. The lowest BCUT2D eigenvalue weighted by Gasteiger charge is -2.22. The molecule has 0 heterocycles. The number of benzene rings is 1. The molecule has 0 radical (unpaired) electrons. The summed E-state index contributed by atoms with van der Waals surface area (Å²) >= 11 is 0. The lowest BCUT2D eigenvalue weighted by atomic mass is 9.87. The molecule has 0 spiro atoms. The molecule has 1 saturated carbocycles. The van der Waals surface area contributed by atoms with Crippen molar-refractivity contribution in [3.8, 4) is 5.75 Å². The average Bonchev–Trinajstić information content (AvgIpc) is 2.57. The van der Waals surface area contributed by atoms with Gasteiger partial charge in [-0.3, -0.25) is 0 Å². The largest absolute Gasteiger partial charge is 0.465 e. The van der Waals surface area contributed by atoms with Crippen LogP contribution < -0.4 is 4.74 Å². The predicted molar refractivity (Wildman–Crippen MR) is 97.0 cm³/mol. The molecule has 2 atom stereocenters. The second kappa shape index (κ2) is 9.97. The Labute approximate surface area is 142 Å². The van der Waals surface area contributed by atoms with Gasteiger partial charge in [0.2, 0.25) is 0 Å². The van der Waals surface area contributed by atoms with Crippen LogP contribution in [0, 0.1) is 5.92 Å². The van der Waals surface area contributed by atoms with E-state index in [2.05, 4.69) is 38.1 Å². The second-order valence-corrected chi connectivity index (χ2v) is 7.11. The lowest BCUT2D eigenvalue weighted by Crippen LogP contribution is -2.19. The first-order chi connectivity index (χ1) is 11.2. The third-order valence-corrected chi connectivity index (χ3v) is 5.08. The molecule has 2 nitrogen and oxygen atoms in total. The minimum absolute atomic E-state index is 0.169. The molecule has 2 heteroatoms. The lowest BCUT2D eigenvalue weighted by molar-refractivity contribution is -0.0711. The first kappa shape index (κ1) is 18.3. The van der Waals surface area contributed by atoms with E-state index >= 15 is 0 Å². The van der Waals surface area contributed by atoms with Gasteiger partial charge in [0.25, 0.3) is 0 Å². The zero-order valence-corrected chi connectivity index (χ0v) is 15.2. The van der Waals surface area contributed by atoms with Crippen LogP contribution >= 0.6 is 0 Å². The topological polar surface area (TPSA) is 18.5 Å². The van der Waals surface area contributed by atoms with E-state index < -0.39 is 0 Å². The van der Waals surface area contributed by atoms with Gasteiger partial charge >= 0.3 is 0 Å². The number of ether oxygens (including phenoxy) is 2. The first-order valence-corrected chi connectivity index (χ1v) is 9.57. The second-order valence-electron chi connectivity index (χ2n) is 7.11. The Morgan fingerprint density at radius 1 is 1.04 bits per heavy atom. The Balaban J connectivity index is 1.68. The fourth-order valence-corrected chi connectivity index (χ4v) is 3.58. The van der Waals surface area contributed by atoms with Gasteiger partial charge in [-0.1, -0.05) is 64.5 Å². The van der Waals surface area contributed by atoms with Crippen LogP contribution in [0.4, 0.5) is 0 Å². The van der Waals surface area contributed by atoms with E-state index in [-0.39, 0.29) is 6.29 Å². The summed E-state index contributed by atoms with van der Waals surface area (Å²) in [6.07, 6.45) is 10.5. The fraction of sp³-hybridized carbons (Fsp3) is 0.714. The van der Waals surface area contributed by atoms with Crippen LogP contribution in [0.25, 0.3) is 0 Å². The molecular formula is C21H34O2. The summed E-state index contributed by atoms with van der Waals surface area (Å²) < 4.78 is 11.7. The summed E-state index contributed by atoms with van der Waals surface area (Å²) in [5, 5.41) is 0. The molecule has 0 aliphatic heterocycles. The Morgan fingerprint density at radius 3 is 2.39 bits per heavy atom. The predicted octanol–water partition coefficient (Wildman–Crippen LogP) is 6.30. The summed E-state index contributed by atoms with van der Waals surface area (Å²) in [6.45, 7) is 7.34. The highest BCUT2D eigenvalue weighted by Crippen LogP contribution is 2.26. The van der Waals surface area contributed by atoms with Crippen molar-refractivity contribution in [2.75, 3.05) is 6.61 Å². The molecule has 2 rings (SSSR count). The zero-order chi connectivity index (χ0) is 16.5. The summed E-state index contributed by atoms with van der Waals surface area (Å²) in [4.78, 5) is 0. The van der Waals surface area contributed by atoms with Gasteiger partial charge in [-0.05, 0) is 49.3 Å². The van der Waals surface area contributed by atoms with E-state index in [0.717, 1.165) is 18.3 Å². The van der Waals surface area contributed by atoms with Gasteiger partial charge in [0.1, 0.15) is 5.75 Å². The third-order valence-electron chi connectivity index (χ3n) is 5.08. The Morgan fingerprint density at radius 2 is 1.74 bits per heavy atom. The maximum atomic E-state index is 5.88. The number of rotatable bonds is 9. The van der Waals surface area contributed by atoms with E-state index in [4.69, 9.17) is 9.47 Å². The molecule has 1 aromatic rings. The van der Waals surface area contributed by atoms with Gasteiger partial charge in [0.15, 0.2) is 6.29 Å². The van der Waals surface area contributed by atoms with Gasteiger partial charge in [-0.2, -0.15) is 0 Å². The van der Waals surface area contributed by atoms with Crippen LogP contribution in [0.2, 0.25) is 0 Å². The molecule has 1 aliphatic rings. The first-order valence-electron chi connectivity index (χ1n) is 9.57. The van der Waals surface area contributed by atoms with Crippen LogP contribution in [-0.2, 0) is 4.74 Å². The highest BCUT2D eigenvalue weighted by molar-refractivity contribution is 5.29. The van der Waals surface area contributed by atoms with Crippen molar-refractivity contribution in [1.29, 1.82) is 0 Å². The Hall–Kier alpha value is -1.02. The van der Waals surface area contributed by atoms with Gasteiger partial charge in [-0.25, -0.2) is 0 Å². The van der Waals surface area contributed by atoms with Crippen molar-refractivity contribution in [3.63, 3.8) is 0 Å². The number of hydrogen-bond donors (Lipinski definition) is 0. The third kappa shape index (κ3) is 6.55. The smallest absolute Gasteiger partial charge is 0.196 e. The maximum Gasteiger partial charge on any atom is 0.196 e. The van der Waals surface area contributed by atoms with Crippen molar-refractivity contribution in [2.45, 2.75) is 84.3 Å². The van der Waals surface area contributed by atoms with Crippen LogP contribution in [0.5, 0.6) is 5.75 Å². The summed E-state index contributed by atoms with van der Waals surface area (Å²) in [5.41, 5.74) is 1.39. The van der Waals surface area contributed by atoms with Crippen LogP contribution in [-0.4, -0.2) is 12.9 Å². The molecule has 23 heavy (non-hydrogen) atoms. The summed E-state index contributed by atoms with van der Waals surface area (Å²) in [7, 11) is 0. The molecule has 0 aromatic heterocycles. The van der Waals surface area contributed by atoms with Gasteiger partial charge in [0.05, 0.1) is 6.61 Å². The standard InChI is InChI=1S/C21H34O2/c1-4-8-17(2)20-11-13-21(14-12-20)23-18(3)22-16-15-19-9-6-5-7-10-19/h11-14,17-19H,4-10,15-16H2,1-3H3. The number of hydrogen-bond acceptors (Lipinski definition) is 2. The SMILES string of the molecule is CCCC(C)c1ccc(OC(C)OCCC2CCCCC2)cc1. The van der Waals surface area contributed by atoms with E-state index in [9.17, 15) is 0 Å². The van der Waals surface area contributed by atoms with E-state index in [1.54, 1.807) is 0 Å². The van der Waals surface area contributed by atoms with E-state index in [1.165, 1.54) is 56.9 Å². The molecule has 0 saturated heterocycles. The molecule has 130 valence electrons. The highest BCUT2D eigenvalue weighted by Gasteiger charge is 2.14. The normalized spacial score (nSPS) is 18.6. The molecule has 0 N–H and O–H groups in total. The molecule has 0 amide bonds. The minimum Gasteiger partial charge on any atom is -0.465 e. The van der Waals surface area contributed by atoms with Crippen molar-refractivity contribution < 1.29 is 9.47 Å². The fourth-order valence-electron chi connectivity index (χ4n) is 3.58. The van der Waals surface area contributed by atoms with Gasteiger partial charge in [0, 0.05) is 0 Å². The van der Waals surface area contributed by atoms with Crippen molar-refractivity contribution in [2.24, 2.45) is 5.92 Å². The summed E-state index contributed by atoms with van der Waals surface area (Å²) in [5.74, 6) is 2.40. The van der Waals surface area contributed by atoms with Crippen LogP contribution in [0.3, 0.4) is 0 Å². The Kier molecular flexibility index (Phi) is 7.94. The average molecular weight is 319 g/mol. The molecule has 1 aliphatic carbocycles.